The van der Waals surface area contributed by atoms with Crippen LogP contribution in [0.5, 0.6) is 0 Å². The van der Waals surface area contributed by atoms with Gasteiger partial charge in [0, 0.05) is 0 Å². The zero-order valence-electron chi connectivity index (χ0n) is 8.85. The summed E-state index contributed by atoms with van der Waals surface area (Å²) in [6, 6.07) is 0. The second-order valence-corrected chi connectivity index (χ2v) is 3.62. The summed E-state index contributed by atoms with van der Waals surface area (Å²) in [6.07, 6.45) is 1.99. The average Bonchev–Trinajstić information content (AvgIpc) is 2.94. The van der Waals surface area contributed by atoms with Crippen LogP contribution in [-0.2, 0) is 9.47 Å². The molecule has 1 saturated heterocycles. The van der Waals surface area contributed by atoms with Gasteiger partial charge < -0.3 is 20.3 Å². The number of fused-ring (bicyclic) bond motifs is 1. The number of nitrogens with two attached hydrogens (primary N) is 1. The lowest BCUT2D eigenvalue weighted by molar-refractivity contribution is -0.0980. The minimum Gasteiger partial charge on any atom is -0.391 e. The molecule has 0 unspecified atom stereocenters. The van der Waals surface area contributed by atoms with Crippen LogP contribution >= 0.6 is 0 Å². The quantitative estimate of drug-likeness (QED) is 0.708. The number of nitrogen functional groups attached to an aromatic ring is 1. The van der Waals surface area contributed by atoms with Crippen molar-refractivity contribution in [2.24, 2.45) is 0 Å². The van der Waals surface area contributed by atoms with Gasteiger partial charge in [0.2, 0.25) is 0 Å². The lowest BCUT2D eigenvalue weighted by atomic mass is 10.5. The van der Waals surface area contributed by atoms with Gasteiger partial charge in [0.25, 0.3) is 0 Å². The van der Waals surface area contributed by atoms with Gasteiger partial charge in [0.15, 0.2) is 24.0 Å². The van der Waals surface area contributed by atoms with E-state index in [9.17, 15) is 0 Å². The van der Waals surface area contributed by atoms with Crippen LogP contribution in [-0.4, -0.2) is 44.1 Å². The van der Waals surface area contributed by atoms with Crippen molar-refractivity contribution in [2.75, 3.05) is 18.9 Å². The van der Waals surface area contributed by atoms with Crippen LogP contribution in [0.1, 0.15) is 6.23 Å². The first-order valence-electron chi connectivity index (χ1n) is 5.10. The van der Waals surface area contributed by atoms with Crippen molar-refractivity contribution in [1.29, 1.82) is 0 Å². The molecule has 2 aromatic heterocycles. The Morgan fingerprint density at radius 1 is 1.47 bits per heavy atom. The van der Waals surface area contributed by atoms with E-state index in [1.807, 2.05) is 0 Å². The number of imidazole rings is 1. The van der Waals surface area contributed by atoms with E-state index in [1.54, 1.807) is 10.9 Å². The van der Waals surface area contributed by atoms with Gasteiger partial charge in [-0.2, -0.15) is 0 Å². The Morgan fingerprint density at radius 3 is 3.12 bits per heavy atom. The van der Waals surface area contributed by atoms with E-state index in [4.69, 9.17) is 20.3 Å². The van der Waals surface area contributed by atoms with Crippen LogP contribution in [0.15, 0.2) is 12.7 Å². The van der Waals surface area contributed by atoms with Crippen molar-refractivity contribution < 1.29 is 14.6 Å². The minimum atomic E-state index is -0.600. The number of hydrogen-bond donors (Lipinski definition) is 2. The van der Waals surface area contributed by atoms with Gasteiger partial charge in [0.1, 0.15) is 11.8 Å². The molecule has 2 atom stereocenters. The highest BCUT2D eigenvalue weighted by Gasteiger charge is 2.28. The maximum absolute atomic E-state index is 8.92. The Labute approximate surface area is 96.0 Å². The number of anilines is 1. The van der Waals surface area contributed by atoms with Crippen LogP contribution in [0.4, 0.5) is 5.82 Å². The van der Waals surface area contributed by atoms with Crippen molar-refractivity contribution in [2.45, 2.75) is 12.5 Å². The largest absolute Gasteiger partial charge is 0.391 e. The molecule has 0 spiro atoms. The molecule has 0 saturated carbocycles. The minimum absolute atomic E-state index is 0.180. The Bertz CT molecular complexity index is 542. The number of ether oxygens (including phenoxy) is 2. The molecule has 17 heavy (non-hydrogen) atoms. The van der Waals surface area contributed by atoms with Crippen molar-refractivity contribution in [3.63, 3.8) is 0 Å². The highest BCUT2D eigenvalue weighted by molar-refractivity contribution is 5.81. The first-order chi connectivity index (χ1) is 8.29. The fraction of sp³-hybridized carbons (Fsp3) is 0.444. The molecule has 0 bridgehead atoms. The highest BCUT2D eigenvalue weighted by atomic mass is 16.7. The van der Waals surface area contributed by atoms with E-state index in [1.165, 1.54) is 6.33 Å². The zero-order chi connectivity index (χ0) is 11.8. The number of aliphatic hydroxyl groups is 1. The monoisotopic (exact) mass is 237 g/mol. The standard InChI is InChI=1S/C9H11N5O3/c10-8-7-9(12-3-11-8)14(4-13-7)5-2-16-6(1-15)17-5/h3-6,15H,1-2H2,(H2,10,11,12)/t5-,6+/m0/s1. The molecular formula is C9H11N5O3. The van der Waals surface area contributed by atoms with Crippen molar-refractivity contribution in [3.05, 3.63) is 12.7 Å². The first kappa shape index (κ1) is 10.4. The van der Waals surface area contributed by atoms with E-state index in [0.29, 0.717) is 23.6 Å². The number of aromatic nitrogens is 4. The molecule has 3 rings (SSSR count). The first-order valence-corrected chi connectivity index (χ1v) is 5.10. The lowest BCUT2D eigenvalue weighted by Gasteiger charge is -2.11. The number of nitrogens with zero attached hydrogens (tertiary/aromatic N) is 4. The fourth-order valence-corrected chi connectivity index (χ4v) is 1.77. The number of rotatable bonds is 2. The van der Waals surface area contributed by atoms with E-state index in [2.05, 4.69) is 15.0 Å². The Balaban J connectivity index is 1.99. The highest BCUT2D eigenvalue weighted by Crippen LogP contribution is 2.25. The Hall–Kier alpha value is -1.77. The molecule has 1 aliphatic rings. The molecule has 8 nitrogen and oxygen atoms in total. The zero-order valence-corrected chi connectivity index (χ0v) is 8.85. The normalized spacial score (nSPS) is 24.5. The summed E-state index contributed by atoms with van der Waals surface area (Å²) in [5, 5.41) is 8.92. The van der Waals surface area contributed by atoms with E-state index < -0.39 is 6.29 Å². The number of hydrogen-bond acceptors (Lipinski definition) is 7. The molecule has 0 aliphatic carbocycles. The molecule has 0 amide bonds. The third kappa shape index (κ3) is 1.62. The number of aliphatic hydroxyl groups excluding tert-OH is 1. The summed E-state index contributed by atoms with van der Waals surface area (Å²) < 4.78 is 12.4. The van der Waals surface area contributed by atoms with Gasteiger partial charge in [0.05, 0.1) is 19.5 Å². The topological polar surface area (TPSA) is 108 Å². The molecule has 3 heterocycles. The van der Waals surface area contributed by atoms with Crippen LogP contribution in [0, 0.1) is 0 Å². The van der Waals surface area contributed by atoms with Gasteiger partial charge >= 0.3 is 0 Å². The van der Waals surface area contributed by atoms with E-state index >= 15 is 0 Å². The van der Waals surface area contributed by atoms with Gasteiger partial charge in [-0.1, -0.05) is 0 Å². The SMILES string of the molecule is Nc1ncnc2c1ncn2[C@@H]1CO[C@@H](CO)O1. The van der Waals surface area contributed by atoms with Crippen molar-refractivity contribution in [1.82, 2.24) is 19.5 Å². The molecule has 2 aromatic rings. The summed E-state index contributed by atoms with van der Waals surface area (Å²) in [5.41, 5.74) is 6.80. The van der Waals surface area contributed by atoms with Crippen molar-refractivity contribution >= 4 is 17.0 Å². The fourth-order valence-electron chi connectivity index (χ4n) is 1.77. The van der Waals surface area contributed by atoms with Crippen molar-refractivity contribution in [3.8, 4) is 0 Å². The molecule has 3 N–H and O–H groups in total. The van der Waals surface area contributed by atoms with Crippen LogP contribution in [0.25, 0.3) is 11.2 Å². The molecule has 0 radical (unpaired) electrons. The van der Waals surface area contributed by atoms with Crippen LogP contribution in [0.2, 0.25) is 0 Å². The van der Waals surface area contributed by atoms with Gasteiger partial charge in [-0.25, -0.2) is 15.0 Å². The van der Waals surface area contributed by atoms with Crippen LogP contribution < -0.4 is 5.73 Å². The third-order valence-corrected chi connectivity index (χ3v) is 2.58. The molecule has 1 aliphatic heterocycles. The van der Waals surface area contributed by atoms with E-state index in [0.717, 1.165) is 0 Å². The van der Waals surface area contributed by atoms with E-state index in [-0.39, 0.29) is 12.8 Å². The molecular weight excluding hydrogens is 226 g/mol. The average molecular weight is 237 g/mol. The molecule has 0 aromatic carbocycles. The maximum Gasteiger partial charge on any atom is 0.183 e. The summed E-state index contributed by atoms with van der Waals surface area (Å²) in [5.74, 6) is 0.325. The smallest absolute Gasteiger partial charge is 0.183 e. The Morgan fingerprint density at radius 2 is 2.35 bits per heavy atom. The molecule has 1 fully saturated rings. The Kier molecular flexibility index (Phi) is 2.39. The van der Waals surface area contributed by atoms with Crippen LogP contribution in [0.3, 0.4) is 0 Å². The summed E-state index contributed by atoms with van der Waals surface area (Å²) in [4.78, 5) is 12.1. The maximum atomic E-state index is 8.92. The predicted molar refractivity (Wildman–Crippen MR) is 56.7 cm³/mol. The lowest BCUT2D eigenvalue weighted by Crippen LogP contribution is -2.15. The summed E-state index contributed by atoms with van der Waals surface area (Å²) >= 11 is 0. The third-order valence-electron chi connectivity index (χ3n) is 2.58. The second kappa shape index (κ2) is 3.91. The predicted octanol–water partition coefficient (Wildman–Crippen LogP) is -0.728. The van der Waals surface area contributed by atoms with Gasteiger partial charge in [-0.05, 0) is 0 Å². The van der Waals surface area contributed by atoms with Gasteiger partial charge in [-0.3, -0.25) is 4.57 Å². The summed E-state index contributed by atoms with van der Waals surface area (Å²) in [6.45, 7) is 0.154. The second-order valence-electron chi connectivity index (χ2n) is 3.62. The summed E-state index contributed by atoms with van der Waals surface area (Å²) in [7, 11) is 0. The molecule has 8 heteroatoms. The molecule has 90 valence electrons. The van der Waals surface area contributed by atoms with Gasteiger partial charge in [-0.15, -0.1) is 0 Å².